The minimum Gasteiger partial charge on any atom is -0.0619 e. The lowest BCUT2D eigenvalue weighted by molar-refractivity contribution is 0.655. The fourth-order valence-electron chi connectivity index (χ4n) is 6.76. The third-order valence-electron chi connectivity index (χ3n) is 8.27. The molecule has 0 unspecified atom stereocenters. The summed E-state index contributed by atoms with van der Waals surface area (Å²) < 4.78 is 0. The van der Waals surface area contributed by atoms with Gasteiger partial charge in [0.05, 0.1) is 0 Å². The van der Waals surface area contributed by atoms with Crippen molar-refractivity contribution < 1.29 is 0 Å². The maximum Gasteiger partial charge on any atom is 0.0161 e. The summed E-state index contributed by atoms with van der Waals surface area (Å²) in [5.41, 5.74) is 18.8. The van der Waals surface area contributed by atoms with Gasteiger partial charge >= 0.3 is 0 Å². The highest BCUT2D eigenvalue weighted by Crippen LogP contribution is 2.51. The van der Waals surface area contributed by atoms with Gasteiger partial charge in [-0.05, 0) is 90.3 Å². The molecule has 0 radical (unpaired) electrons. The van der Waals surface area contributed by atoms with Crippen LogP contribution in [0.2, 0.25) is 0 Å². The molecule has 0 spiro atoms. The molecule has 0 saturated heterocycles. The Kier molecular flexibility index (Phi) is 5.37. The van der Waals surface area contributed by atoms with Gasteiger partial charge in [-0.25, -0.2) is 0 Å². The predicted molar refractivity (Wildman–Crippen MR) is 152 cm³/mol. The lowest BCUT2D eigenvalue weighted by Gasteiger charge is -2.23. The molecule has 0 saturated carbocycles. The zero-order valence-electron chi connectivity index (χ0n) is 22.9. The van der Waals surface area contributed by atoms with Crippen LogP contribution in [0.3, 0.4) is 0 Å². The van der Waals surface area contributed by atoms with E-state index in [0.29, 0.717) is 0 Å². The Balaban J connectivity index is 0.000000145. The van der Waals surface area contributed by atoms with E-state index in [0.717, 1.165) is 0 Å². The summed E-state index contributed by atoms with van der Waals surface area (Å²) in [5.74, 6) is 0. The minimum absolute atomic E-state index is 0.133. The molecular weight excluding hydrogens is 420 g/mol. The SMILES string of the molecule is Cc1cc(C)c2c(c1)-c1ccc(C)cc1C2(C)C.Cc1cc(C)c2c(c1)C(C)(C)c1ccccc1-2. The first kappa shape index (κ1) is 23.6. The maximum atomic E-state index is 2.35. The molecule has 6 rings (SSSR count). The number of fused-ring (bicyclic) bond motifs is 6. The Bertz CT molecular complexity index is 1480. The van der Waals surface area contributed by atoms with Crippen LogP contribution < -0.4 is 0 Å². The summed E-state index contributed by atoms with van der Waals surface area (Å²) in [5, 5.41) is 0. The van der Waals surface area contributed by atoms with Crippen LogP contribution in [0.5, 0.6) is 0 Å². The second-order valence-corrected chi connectivity index (χ2v) is 11.9. The zero-order valence-corrected chi connectivity index (χ0v) is 22.9. The lowest BCUT2D eigenvalue weighted by atomic mass is 9.80. The molecule has 0 aromatic heterocycles. The van der Waals surface area contributed by atoms with Gasteiger partial charge < -0.3 is 0 Å². The highest BCUT2D eigenvalue weighted by atomic mass is 14.4. The zero-order chi connectivity index (χ0) is 25.3. The molecule has 4 aromatic carbocycles. The van der Waals surface area contributed by atoms with Gasteiger partial charge in [0.1, 0.15) is 0 Å². The number of benzene rings is 4. The smallest absolute Gasteiger partial charge is 0.0161 e. The highest BCUT2D eigenvalue weighted by Gasteiger charge is 2.37. The highest BCUT2D eigenvalue weighted by molar-refractivity contribution is 5.84. The van der Waals surface area contributed by atoms with Gasteiger partial charge in [0.2, 0.25) is 0 Å². The van der Waals surface area contributed by atoms with Crippen LogP contribution >= 0.6 is 0 Å². The molecule has 0 bridgehead atoms. The van der Waals surface area contributed by atoms with Crippen molar-refractivity contribution in [3.05, 3.63) is 117 Å². The van der Waals surface area contributed by atoms with E-state index in [4.69, 9.17) is 0 Å². The first-order valence-corrected chi connectivity index (χ1v) is 12.9. The Morgan fingerprint density at radius 1 is 0.457 bits per heavy atom. The van der Waals surface area contributed by atoms with E-state index >= 15 is 0 Å². The van der Waals surface area contributed by atoms with Crippen LogP contribution in [0, 0.1) is 34.6 Å². The minimum atomic E-state index is 0.133. The van der Waals surface area contributed by atoms with E-state index in [1.165, 1.54) is 72.3 Å². The molecule has 0 N–H and O–H groups in total. The second-order valence-electron chi connectivity index (χ2n) is 11.9. The molecule has 178 valence electrons. The summed E-state index contributed by atoms with van der Waals surface area (Å²) in [6.45, 7) is 20.4. The fourth-order valence-corrected chi connectivity index (χ4v) is 6.76. The van der Waals surface area contributed by atoms with Crippen molar-refractivity contribution >= 4 is 0 Å². The molecule has 0 amide bonds. The molecule has 0 heteroatoms. The molecule has 0 nitrogen and oxygen atoms in total. The average Bonchev–Trinajstić information content (AvgIpc) is 3.13. The van der Waals surface area contributed by atoms with Crippen molar-refractivity contribution in [3.63, 3.8) is 0 Å². The number of hydrogen-bond acceptors (Lipinski definition) is 0. The van der Waals surface area contributed by atoms with Gasteiger partial charge in [-0.15, -0.1) is 0 Å². The number of hydrogen-bond donors (Lipinski definition) is 0. The summed E-state index contributed by atoms with van der Waals surface area (Å²) >= 11 is 0. The van der Waals surface area contributed by atoms with Gasteiger partial charge in [-0.3, -0.25) is 0 Å². The van der Waals surface area contributed by atoms with Gasteiger partial charge in [-0.2, -0.15) is 0 Å². The monoisotopic (exact) mass is 458 g/mol. The van der Waals surface area contributed by atoms with Gasteiger partial charge in [0, 0.05) is 10.8 Å². The Hall–Kier alpha value is -3.12. The molecule has 2 aliphatic carbocycles. The Labute approximate surface area is 212 Å². The molecule has 35 heavy (non-hydrogen) atoms. The van der Waals surface area contributed by atoms with Crippen molar-refractivity contribution in [2.45, 2.75) is 73.1 Å². The van der Waals surface area contributed by atoms with Crippen LogP contribution in [0.15, 0.2) is 66.7 Å². The Morgan fingerprint density at radius 2 is 1.09 bits per heavy atom. The second kappa shape index (κ2) is 7.95. The molecular formula is C35H38. The normalized spacial score (nSPS) is 15.5. The quantitative estimate of drug-likeness (QED) is 0.246. The van der Waals surface area contributed by atoms with E-state index in [1.807, 2.05) is 0 Å². The third kappa shape index (κ3) is 3.57. The van der Waals surface area contributed by atoms with Gasteiger partial charge in [-0.1, -0.05) is 111 Å². The van der Waals surface area contributed by atoms with E-state index in [-0.39, 0.29) is 10.8 Å². The van der Waals surface area contributed by atoms with Crippen molar-refractivity contribution in [1.82, 2.24) is 0 Å². The van der Waals surface area contributed by atoms with Crippen molar-refractivity contribution in [3.8, 4) is 22.3 Å². The number of rotatable bonds is 0. The Morgan fingerprint density at radius 3 is 1.83 bits per heavy atom. The molecule has 2 aliphatic rings. The van der Waals surface area contributed by atoms with E-state index in [2.05, 4.69) is 129 Å². The van der Waals surface area contributed by atoms with Crippen LogP contribution in [-0.2, 0) is 10.8 Å². The molecule has 0 aliphatic heterocycles. The first-order chi connectivity index (χ1) is 16.4. The molecule has 0 heterocycles. The van der Waals surface area contributed by atoms with Crippen LogP contribution in [0.25, 0.3) is 22.3 Å². The topological polar surface area (TPSA) is 0 Å². The van der Waals surface area contributed by atoms with E-state index in [9.17, 15) is 0 Å². The van der Waals surface area contributed by atoms with Crippen LogP contribution in [0.4, 0.5) is 0 Å². The largest absolute Gasteiger partial charge is 0.0619 e. The summed E-state index contributed by atoms with van der Waals surface area (Å²) in [4.78, 5) is 0. The lowest BCUT2D eigenvalue weighted by Crippen LogP contribution is -2.16. The maximum absolute atomic E-state index is 2.35. The number of aryl methyl sites for hydroxylation is 5. The standard InChI is InChI=1S/C18H20.C17H18/c1-11-6-7-14-15-9-12(2)8-13(3)17(15)18(4,5)16(14)10-11;1-11-9-12(2)16-13-7-5-6-8-14(13)17(3,4)15(16)10-11/h6-10H,1-5H3;5-10H,1-4H3. The van der Waals surface area contributed by atoms with E-state index < -0.39 is 0 Å². The summed E-state index contributed by atoms with van der Waals surface area (Å²) in [6, 6.07) is 25.0. The van der Waals surface area contributed by atoms with Gasteiger partial charge in [0.15, 0.2) is 0 Å². The summed E-state index contributed by atoms with van der Waals surface area (Å²) in [6.07, 6.45) is 0. The van der Waals surface area contributed by atoms with E-state index in [1.54, 1.807) is 0 Å². The predicted octanol–water partition coefficient (Wildman–Crippen LogP) is 9.53. The van der Waals surface area contributed by atoms with Crippen molar-refractivity contribution in [2.24, 2.45) is 0 Å². The van der Waals surface area contributed by atoms with Crippen LogP contribution in [0.1, 0.15) is 77.8 Å². The molecule has 0 fully saturated rings. The average molecular weight is 459 g/mol. The van der Waals surface area contributed by atoms with Gasteiger partial charge in [0.25, 0.3) is 0 Å². The third-order valence-corrected chi connectivity index (χ3v) is 8.27. The summed E-state index contributed by atoms with van der Waals surface area (Å²) in [7, 11) is 0. The first-order valence-electron chi connectivity index (χ1n) is 12.9. The van der Waals surface area contributed by atoms with Crippen LogP contribution in [-0.4, -0.2) is 0 Å². The van der Waals surface area contributed by atoms with Crippen molar-refractivity contribution in [2.75, 3.05) is 0 Å². The molecule has 0 atom stereocenters. The molecule has 4 aromatic rings. The fraction of sp³-hybridized carbons (Fsp3) is 0.314. The van der Waals surface area contributed by atoms with Crippen molar-refractivity contribution in [1.29, 1.82) is 0 Å².